The summed E-state index contributed by atoms with van der Waals surface area (Å²) in [6.07, 6.45) is 0. The number of halogens is 3. The van der Waals surface area contributed by atoms with Crippen molar-refractivity contribution in [3.05, 3.63) is 62.6 Å². The molecule has 1 aliphatic heterocycles. The Morgan fingerprint density at radius 3 is 2.52 bits per heavy atom. The number of benzene rings is 2. The molecule has 108 valence electrons. The summed E-state index contributed by atoms with van der Waals surface area (Å²) in [4.78, 5) is 14.0. The Balaban J connectivity index is 1.96. The summed E-state index contributed by atoms with van der Waals surface area (Å²) in [7, 11) is 0. The summed E-state index contributed by atoms with van der Waals surface area (Å²) in [6, 6.07) is 9.89. The van der Waals surface area contributed by atoms with Crippen LogP contribution in [0.3, 0.4) is 0 Å². The van der Waals surface area contributed by atoms with Crippen LogP contribution in [0.4, 0.5) is 5.69 Å². The third-order valence-corrected chi connectivity index (χ3v) is 4.45. The molecule has 0 bridgehead atoms. The van der Waals surface area contributed by atoms with Crippen molar-refractivity contribution in [1.29, 1.82) is 0 Å². The Bertz CT molecular complexity index is 733. The van der Waals surface area contributed by atoms with Crippen molar-refractivity contribution in [2.45, 2.75) is 12.6 Å². The molecular weight excluding hydrogens is 331 g/mol. The second-order valence-corrected chi connectivity index (χ2v) is 6.10. The highest BCUT2D eigenvalue weighted by Crippen LogP contribution is 2.37. The van der Waals surface area contributed by atoms with Gasteiger partial charge in [0.15, 0.2) is 0 Å². The van der Waals surface area contributed by atoms with Crippen molar-refractivity contribution in [1.82, 2.24) is 0 Å². The van der Waals surface area contributed by atoms with Crippen molar-refractivity contribution < 1.29 is 4.79 Å². The summed E-state index contributed by atoms with van der Waals surface area (Å²) < 4.78 is 0. The van der Waals surface area contributed by atoms with Crippen molar-refractivity contribution in [2.24, 2.45) is 5.73 Å². The van der Waals surface area contributed by atoms with E-state index in [0.29, 0.717) is 21.6 Å². The number of anilines is 1. The van der Waals surface area contributed by atoms with E-state index < -0.39 is 6.04 Å². The van der Waals surface area contributed by atoms with Gasteiger partial charge in [0.25, 0.3) is 0 Å². The Kier molecular flexibility index (Phi) is 3.84. The average molecular weight is 342 g/mol. The van der Waals surface area contributed by atoms with Crippen LogP contribution in [0.1, 0.15) is 17.2 Å². The van der Waals surface area contributed by atoms with Crippen LogP contribution in [0.25, 0.3) is 0 Å². The van der Waals surface area contributed by atoms with E-state index in [-0.39, 0.29) is 5.91 Å². The van der Waals surface area contributed by atoms with E-state index in [9.17, 15) is 4.79 Å². The fourth-order valence-corrected chi connectivity index (χ4v) is 2.92. The maximum absolute atomic E-state index is 12.3. The Morgan fingerprint density at radius 1 is 1.05 bits per heavy atom. The number of fused-ring (bicyclic) bond motifs is 1. The van der Waals surface area contributed by atoms with Crippen LogP contribution in [-0.2, 0) is 11.3 Å². The zero-order valence-corrected chi connectivity index (χ0v) is 13.1. The quantitative estimate of drug-likeness (QED) is 0.890. The molecular formula is C15H11Cl3N2O. The third-order valence-electron chi connectivity index (χ3n) is 3.47. The number of nitrogens with two attached hydrogens (primary N) is 1. The van der Waals surface area contributed by atoms with Gasteiger partial charge in [0.1, 0.15) is 6.04 Å². The lowest BCUT2D eigenvalue weighted by Gasteiger charge is -2.18. The molecule has 21 heavy (non-hydrogen) atoms. The summed E-state index contributed by atoms with van der Waals surface area (Å²) in [5, 5.41) is 1.51. The van der Waals surface area contributed by atoms with Gasteiger partial charge in [-0.1, -0.05) is 40.9 Å². The lowest BCUT2D eigenvalue weighted by atomic mass is 10.1. The number of nitrogens with zero attached hydrogens (tertiary/aromatic N) is 1. The number of rotatable bonds is 2. The minimum Gasteiger partial charge on any atom is -0.316 e. The topological polar surface area (TPSA) is 46.3 Å². The molecule has 0 radical (unpaired) electrons. The van der Waals surface area contributed by atoms with E-state index in [1.54, 1.807) is 35.2 Å². The van der Waals surface area contributed by atoms with Crippen LogP contribution in [0.5, 0.6) is 0 Å². The van der Waals surface area contributed by atoms with E-state index in [2.05, 4.69) is 0 Å². The van der Waals surface area contributed by atoms with Crippen LogP contribution < -0.4 is 10.6 Å². The molecule has 6 heteroatoms. The van der Waals surface area contributed by atoms with Crippen LogP contribution in [-0.4, -0.2) is 5.91 Å². The molecule has 3 rings (SSSR count). The standard InChI is InChI=1S/C15H11Cl3N2O/c16-9-2-4-13-10(6-9)14(19)15(21)20(13)7-8-1-3-11(17)12(18)5-8/h1-6,14H,7,19H2. The molecule has 1 aliphatic rings. The van der Waals surface area contributed by atoms with E-state index >= 15 is 0 Å². The molecule has 0 fully saturated rings. The van der Waals surface area contributed by atoms with Gasteiger partial charge in [0.2, 0.25) is 5.91 Å². The first kappa shape index (κ1) is 14.7. The molecule has 3 nitrogen and oxygen atoms in total. The SMILES string of the molecule is NC1C(=O)N(Cc2ccc(Cl)c(Cl)c2)c2ccc(Cl)cc21. The molecule has 2 aromatic rings. The average Bonchev–Trinajstić information content (AvgIpc) is 2.68. The number of carbonyl (C=O) groups excluding carboxylic acids is 1. The zero-order chi connectivity index (χ0) is 15.1. The molecule has 1 heterocycles. The van der Waals surface area contributed by atoms with Gasteiger partial charge in [-0.2, -0.15) is 0 Å². The minimum atomic E-state index is -0.679. The van der Waals surface area contributed by atoms with Crippen molar-refractivity contribution >= 4 is 46.4 Å². The van der Waals surface area contributed by atoms with Gasteiger partial charge in [0.05, 0.1) is 16.6 Å². The highest BCUT2D eigenvalue weighted by Gasteiger charge is 2.34. The second kappa shape index (κ2) is 5.50. The van der Waals surface area contributed by atoms with Gasteiger partial charge in [-0.25, -0.2) is 0 Å². The van der Waals surface area contributed by atoms with Gasteiger partial charge in [-0.15, -0.1) is 0 Å². The molecule has 0 spiro atoms. The van der Waals surface area contributed by atoms with Gasteiger partial charge < -0.3 is 10.6 Å². The maximum atomic E-state index is 12.3. The lowest BCUT2D eigenvalue weighted by molar-refractivity contribution is -0.119. The second-order valence-electron chi connectivity index (χ2n) is 4.85. The van der Waals surface area contributed by atoms with Gasteiger partial charge in [0, 0.05) is 16.3 Å². The molecule has 1 atom stereocenters. The van der Waals surface area contributed by atoms with Crippen LogP contribution in [0.2, 0.25) is 15.1 Å². The van der Waals surface area contributed by atoms with Crippen LogP contribution >= 0.6 is 34.8 Å². The third kappa shape index (κ3) is 2.62. The molecule has 0 saturated heterocycles. The van der Waals surface area contributed by atoms with Crippen molar-refractivity contribution in [3.8, 4) is 0 Å². The van der Waals surface area contributed by atoms with Crippen molar-refractivity contribution in [2.75, 3.05) is 4.90 Å². The predicted octanol–water partition coefficient (Wildman–Crippen LogP) is 4.19. The highest BCUT2D eigenvalue weighted by molar-refractivity contribution is 6.42. The number of carbonyl (C=O) groups is 1. The highest BCUT2D eigenvalue weighted by atomic mass is 35.5. The first-order chi connectivity index (χ1) is 9.97. The van der Waals surface area contributed by atoms with Gasteiger partial charge >= 0.3 is 0 Å². The predicted molar refractivity (Wildman–Crippen MR) is 86.0 cm³/mol. The van der Waals surface area contributed by atoms with Gasteiger partial charge in [-0.3, -0.25) is 4.79 Å². The largest absolute Gasteiger partial charge is 0.316 e. The van der Waals surface area contributed by atoms with Crippen LogP contribution in [0, 0.1) is 0 Å². The maximum Gasteiger partial charge on any atom is 0.248 e. The Morgan fingerprint density at radius 2 is 1.81 bits per heavy atom. The summed E-state index contributed by atoms with van der Waals surface area (Å²) in [5.41, 5.74) is 8.37. The first-order valence-corrected chi connectivity index (χ1v) is 7.41. The minimum absolute atomic E-state index is 0.154. The number of amides is 1. The fourth-order valence-electron chi connectivity index (χ4n) is 2.42. The molecule has 1 unspecified atom stereocenters. The Labute approximate surface area is 137 Å². The first-order valence-electron chi connectivity index (χ1n) is 6.27. The smallest absolute Gasteiger partial charge is 0.248 e. The number of hydrogen-bond acceptors (Lipinski definition) is 2. The summed E-state index contributed by atoms with van der Waals surface area (Å²) >= 11 is 17.9. The molecule has 2 N–H and O–H groups in total. The van der Waals surface area contributed by atoms with Crippen LogP contribution in [0.15, 0.2) is 36.4 Å². The van der Waals surface area contributed by atoms with E-state index in [1.165, 1.54) is 0 Å². The summed E-state index contributed by atoms with van der Waals surface area (Å²) in [5.74, 6) is -0.154. The lowest BCUT2D eigenvalue weighted by Crippen LogP contribution is -2.31. The monoisotopic (exact) mass is 340 g/mol. The Hall–Kier alpha value is -1.26. The summed E-state index contributed by atoms with van der Waals surface area (Å²) in [6.45, 7) is 0.387. The number of hydrogen-bond donors (Lipinski definition) is 1. The molecule has 2 aromatic carbocycles. The van der Waals surface area contributed by atoms with E-state index in [1.807, 2.05) is 6.07 Å². The van der Waals surface area contributed by atoms with E-state index in [4.69, 9.17) is 40.5 Å². The normalized spacial score (nSPS) is 17.2. The molecule has 0 aromatic heterocycles. The van der Waals surface area contributed by atoms with E-state index in [0.717, 1.165) is 16.8 Å². The molecule has 1 amide bonds. The molecule has 0 saturated carbocycles. The molecule has 0 aliphatic carbocycles. The van der Waals surface area contributed by atoms with Gasteiger partial charge in [-0.05, 0) is 35.9 Å². The zero-order valence-electron chi connectivity index (χ0n) is 10.8. The van der Waals surface area contributed by atoms with Crippen molar-refractivity contribution in [3.63, 3.8) is 0 Å². The fraction of sp³-hybridized carbons (Fsp3) is 0.133.